The van der Waals surface area contributed by atoms with Crippen molar-refractivity contribution in [1.29, 1.82) is 0 Å². The Balaban J connectivity index is 1.37. The molecule has 2 N–H and O–H groups in total. The van der Waals surface area contributed by atoms with Crippen LogP contribution in [-0.4, -0.2) is 42.3 Å². The average molecular weight is 408 g/mol. The van der Waals surface area contributed by atoms with E-state index in [-0.39, 0.29) is 24.2 Å². The SMILES string of the molecule is COc1ccc(-c2cc(N3CCC[C@H](NC(=O)Cc4ccccc4F)C3)n[nH]2)cc1. The summed E-state index contributed by atoms with van der Waals surface area (Å²) in [5.41, 5.74) is 2.37. The van der Waals surface area contributed by atoms with E-state index in [4.69, 9.17) is 4.74 Å². The molecule has 1 aliphatic heterocycles. The van der Waals surface area contributed by atoms with E-state index in [2.05, 4.69) is 20.4 Å². The second kappa shape index (κ2) is 8.98. The number of anilines is 1. The van der Waals surface area contributed by atoms with Gasteiger partial charge in [0, 0.05) is 25.2 Å². The van der Waals surface area contributed by atoms with Gasteiger partial charge >= 0.3 is 0 Å². The van der Waals surface area contributed by atoms with Gasteiger partial charge in [0.1, 0.15) is 11.6 Å². The average Bonchev–Trinajstić information content (AvgIpc) is 3.26. The van der Waals surface area contributed by atoms with Crippen LogP contribution in [0.2, 0.25) is 0 Å². The van der Waals surface area contributed by atoms with E-state index in [0.29, 0.717) is 12.1 Å². The van der Waals surface area contributed by atoms with E-state index in [0.717, 1.165) is 42.2 Å². The predicted octanol–water partition coefficient (Wildman–Crippen LogP) is 3.55. The van der Waals surface area contributed by atoms with Gasteiger partial charge in [-0.1, -0.05) is 18.2 Å². The molecule has 0 spiro atoms. The Morgan fingerprint density at radius 2 is 2.07 bits per heavy atom. The van der Waals surface area contributed by atoms with Crippen LogP contribution in [0, 0.1) is 5.82 Å². The highest BCUT2D eigenvalue weighted by atomic mass is 19.1. The molecule has 0 aliphatic carbocycles. The van der Waals surface area contributed by atoms with E-state index in [1.54, 1.807) is 25.3 Å². The molecule has 2 heterocycles. The lowest BCUT2D eigenvalue weighted by atomic mass is 10.0. The molecule has 6 nitrogen and oxygen atoms in total. The Hall–Kier alpha value is -3.35. The zero-order valence-electron chi connectivity index (χ0n) is 16.9. The van der Waals surface area contributed by atoms with Gasteiger partial charge in [0.15, 0.2) is 5.82 Å². The number of hydrogen-bond acceptors (Lipinski definition) is 4. The Bertz CT molecular complexity index is 1000. The molecule has 4 rings (SSSR count). The van der Waals surface area contributed by atoms with E-state index in [1.807, 2.05) is 30.3 Å². The van der Waals surface area contributed by atoms with Crippen molar-refractivity contribution in [3.05, 3.63) is 66.0 Å². The van der Waals surface area contributed by atoms with Gasteiger partial charge < -0.3 is 15.0 Å². The molecule has 0 unspecified atom stereocenters. The summed E-state index contributed by atoms with van der Waals surface area (Å²) in [7, 11) is 1.64. The van der Waals surface area contributed by atoms with Crippen LogP contribution in [0.5, 0.6) is 5.75 Å². The number of hydrogen-bond donors (Lipinski definition) is 2. The number of amides is 1. The summed E-state index contributed by atoms with van der Waals surface area (Å²) in [6, 6.07) is 16.2. The van der Waals surface area contributed by atoms with Gasteiger partial charge in [-0.25, -0.2) is 4.39 Å². The number of aromatic nitrogens is 2. The lowest BCUT2D eigenvalue weighted by Gasteiger charge is -2.33. The summed E-state index contributed by atoms with van der Waals surface area (Å²) in [5, 5.41) is 10.6. The van der Waals surface area contributed by atoms with Crippen molar-refractivity contribution >= 4 is 11.7 Å². The van der Waals surface area contributed by atoms with Crippen LogP contribution >= 0.6 is 0 Å². The normalized spacial score (nSPS) is 16.3. The smallest absolute Gasteiger partial charge is 0.224 e. The lowest BCUT2D eigenvalue weighted by molar-refractivity contribution is -0.121. The number of aromatic amines is 1. The maximum Gasteiger partial charge on any atom is 0.224 e. The quantitative estimate of drug-likeness (QED) is 0.654. The zero-order valence-corrected chi connectivity index (χ0v) is 16.9. The molecule has 0 radical (unpaired) electrons. The van der Waals surface area contributed by atoms with Gasteiger partial charge in [-0.05, 0) is 54.3 Å². The molecule has 1 saturated heterocycles. The fourth-order valence-corrected chi connectivity index (χ4v) is 3.79. The monoisotopic (exact) mass is 408 g/mol. The molecule has 1 amide bonds. The first kappa shape index (κ1) is 19.9. The fourth-order valence-electron chi connectivity index (χ4n) is 3.79. The number of carbonyl (C=O) groups excluding carboxylic acids is 1. The third-order valence-electron chi connectivity index (χ3n) is 5.38. The fraction of sp³-hybridized carbons (Fsp3) is 0.304. The van der Waals surface area contributed by atoms with Crippen LogP contribution in [0.25, 0.3) is 11.3 Å². The minimum absolute atomic E-state index is 0.0131. The summed E-state index contributed by atoms with van der Waals surface area (Å²) in [5.74, 6) is 1.16. The van der Waals surface area contributed by atoms with Gasteiger partial charge in [0.05, 0.1) is 19.2 Å². The number of halogens is 1. The summed E-state index contributed by atoms with van der Waals surface area (Å²) in [4.78, 5) is 14.6. The topological polar surface area (TPSA) is 70.2 Å². The highest BCUT2D eigenvalue weighted by Gasteiger charge is 2.23. The maximum atomic E-state index is 13.8. The van der Waals surface area contributed by atoms with Crippen molar-refractivity contribution in [1.82, 2.24) is 15.5 Å². The summed E-state index contributed by atoms with van der Waals surface area (Å²) in [6.07, 6.45) is 1.90. The Kier molecular flexibility index (Phi) is 5.97. The molecular formula is C23H25FN4O2. The Morgan fingerprint density at radius 3 is 2.83 bits per heavy atom. The minimum Gasteiger partial charge on any atom is -0.497 e. The largest absolute Gasteiger partial charge is 0.497 e. The Labute approximate surface area is 175 Å². The summed E-state index contributed by atoms with van der Waals surface area (Å²) >= 11 is 0. The highest BCUT2D eigenvalue weighted by molar-refractivity contribution is 5.79. The second-order valence-corrected chi connectivity index (χ2v) is 7.49. The zero-order chi connectivity index (χ0) is 20.9. The maximum absolute atomic E-state index is 13.8. The Morgan fingerprint density at radius 1 is 1.27 bits per heavy atom. The van der Waals surface area contributed by atoms with Crippen molar-refractivity contribution in [3.63, 3.8) is 0 Å². The first-order valence-corrected chi connectivity index (χ1v) is 10.1. The summed E-state index contributed by atoms with van der Waals surface area (Å²) < 4.78 is 19.0. The van der Waals surface area contributed by atoms with Gasteiger partial charge in [-0.15, -0.1) is 0 Å². The molecule has 2 aromatic carbocycles. The van der Waals surface area contributed by atoms with Crippen molar-refractivity contribution in [2.75, 3.05) is 25.1 Å². The molecule has 30 heavy (non-hydrogen) atoms. The summed E-state index contributed by atoms with van der Waals surface area (Å²) in [6.45, 7) is 1.56. The third kappa shape index (κ3) is 4.62. The van der Waals surface area contributed by atoms with E-state index >= 15 is 0 Å². The number of H-pyrrole nitrogens is 1. The molecule has 156 valence electrons. The van der Waals surface area contributed by atoms with Crippen molar-refractivity contribution < 1.29 is 13.9 Å². The van der Waals surface area contributed by atoms with E-state index in [1.165, 1.54) is 6.07 Å². The van der Waals surface area contributed by atoms with E-state index in [9.17, 15) is 9.18 Å². The number of piperidine rings is 1. The number of nitrogens with zero attached hydrogens (tertiary/aromatic N) is 2. The number of ether oxygens (including phenoxy) is 1. The van der Waals surface area contributed by atoms with Gasteiger partial charge in [-0.2, -0.15) is 5.10 Å². The molecule has 1 atom stereocenters. The number of rotatable bonds is 6. The first-order valence-electron chi connectivity index (χ1n) is 10.1. The minimum atomic E-state index is -0.347. The predicted molar refractivity (Wildman–Crippen MR) is 114 cm³/mol. The molecule has 0 bridgehead atoms. The van der Waals surface area contributed by atoms with Crippen molar-refractivity contribution in [2.45, 2.75) is 25.3 Å². The van der Waals surface area contributed by atoms with Crippen LogP contribution in [0.15, 0.2) is 54.6 Å². The third-order valence-corrected chi connectivity index (χ3v) is 5.38. The van der Waals surface area contributed by atoms with Gasteiger partial charge in [-0.3, -0.25) is 9.89 Å². The second-order valence-electron chi connectivity index (χ2n) is 7.49. The van der Waals surface area contributed by atoms with Crippen LogP contribution in [0.3, 0.4) is 0 Å². The molecule has 3 aromatic rings. The van der Waals surface area contributed by atoms with Crippen LogP contribution in [-0.2, 0) is 11.2 Å². The number of benzene rings is 2. The first-order chi connectivity index (χ1) is 14.6. The molecular weight excluding hydrogens is 383 g/mol. The van der Waals surface area contributed by atoms with E-state index < -0.39 is 0 Å². The standard InChI is InChI=1S/C23H25FN4O2/c1-30-19-10-8-16(9-11-19)21-14-22(27-26-21)28-12-4-6-18(15-28)25-23(29)13-17-5-2-3-7-20(17)24/h2-3,5,7-11,14,18H,4,6,12-13,15H2,1H3,(H,25,29)(H,26,27)/t18-/m0/s1. The number of nitrogens with one attached hydrogen (secondary N) is 2. The lowest BCUT2D eigenvalue weighted by Crippen LogP contribution is -2.48. The molecule has 0 saturated carbocycles. The number of methoxy groups -OCH3 is 1. The molecule has 1 fully saturated rings. The molecule has 1 aliphatic rings. The van der Waals surface area contributed by atoms with Crippen LogP contribution in [0.1, 0.15) is 18.4 Å². The highest BCUT2D eigenvalue weighted by Crippen LogP contribution is 2.25. The van der Waals surface area contributed by atoms with Gasteiger partial charge in [0.25, 0.3) is 0 Å². The number of carbonyl (C=O) groups is 1. The van der Waals surface area contributed by atoms with Crippen LogP contribution in [0.4, 0.5) is 10.2 Å². The van der Waals surface area contributed by atoms with Crippen LogP contribution < -0.4 is 15.0 Å². The molecule has 1 aromatic heterocycles. The van der Waals surface area contributed by atoms with Crippen molar-refractivity contribution in [2.24, 2.45) is 0 Å². The van der Waals surface area contributed by atoms with Gasteiger partial charge in [0.2, 0.25) is 5.91 Å². The van der Waals surface area contributed by atoms with Crippen molar-refractivity contribution in [3.8, 4) is 17.0 Å². The molecule has 7 heteroatoms.